The lowest BCUT2D eigenvalue weighted by atomic mass is 9.85. The molecule has 1 saturated heterocycles. The Morgan fingerprint density at radius 2 is 2.19 bits per heavy atom. The molecule has 1 aliphatic heterocycles. The maximum absolute atomic E-state index is 11.4. The zero-order valence-corrected chi connectivity index (χ0v) is 10.5. The average molecular weight is 227 g/mol. The Kier molecular flexibility index (Phi) is 5.22. The predicted molar refractivity (Wildman–Crippen MR) is 65.8 cm³/mol. The van der Waals surface area contributed by atoms with E-state index in [9.17, 15) is 4.79 Å². The van der Waals surface area contributed by atoms with Crippen LogP contribution in [0.3, 0.4) is 0 Å². The van der Waals surface area contributed by atoms with E-state index < -0.39 is 0 Å². The van der Waals surface area contributed by atoms with Crippen molar-refractivity contribution >= 4 is 5.91 Å². The quantitative estimate of drug-likeness (QED) is 0.726. The molecule has 0 bridgehead atoms. The zero-order valence-electron chi connectivity index (χ0n) is 10.5. The van der Waals surface area contributed by atoms with E-state index in [1.54, 1.807) is 0 Å². The summed E-state index contributed by atoms with van der Waals surface area (Å²) in [6.07, 6.45) is 4.29. The van der Waals surface area contributed by atoms with Crippen molar-refractivity contribution < 1.29 is 4.79 Å². The van der Waals surface area contributed by atoms with Crippen molar-refractivity contribution in [3.8, 4) is 0 Å². The van der Waals surface area contributed by atoms with E-state index in [-0.39, 0.29) is 11.9 Å². The standard InChI is InChI=1S/C12H25N3O/c1-3-9-6-5-7-15(11(9)8-13)10(4-2)12(14)16/h9-11H,3-8,13H2,1-2H3,(H2,14,16). The fourth-order valence-electron chi connectivity index (χ4n) is 2.96. The number of likely N-dealkylation sites (tertiary alicyclic amines) is 1. The van der Waals surface area contributed by atoms with Gasteiger partial charge in [-0.15, -0.1) is 0 Å². The lowest BCUT2D eigenvalue weighted by molar-refractivity contribution is -0.125. The number of carbonyl (C=O) groups is 1. The molecule has 1 heterocycles. The minimum atomic E-state index is -0.210. The molecule has 1 amide bonds. The zero-order chi connectivity index (χ0) is 12.1. The Bertz CT molecular complexity index is 232. The van der Waals surface area contributed by atoms with Crippen molar-refractivity contribution in [2.75, 3.05) is 13.1 Å². The molecule has 1 fully saturated rings. The highest BCUT2D eigenvalue weighted by atomic mass is 16.1. The molecule has 4 heteroatoms. The van der Waals surface area contributed by atoms with Crippen LogP contribution in [-0.2, 0) is 4.79 Å². The molecule has 3 unspecified atom stereocenters. The van der Waals surface area contributed by atoms with Gasteiger partial charge in [-0.2, -0.15) is 0 Å². The summed E-state index contributed by atoms with van der Waals surface area (Å²) in [5, 5.41) is 0. The lowest BCUT2D eigenvalue weighted by Gasteiger charge is -2.43. The molecule has 0 aromatic rings. The maximum atomic E-state index is 11.4. The molecule has 0 radical (unpaired) electrons. The van der Waals surface area contributed by atoms with Crippen LogP contribution in [0.4, 0.5) is 0 Å². The van der Waals surface area contributed by atoms with Gasteiger partial charge < -0.3 is 11.5 Å². The van der Waals surface area contributed by atoms with Gasteiger partial charge >= 0.3 is 0 Å². The number of rotatable bonds is 5. The van der Waals surface area contributed by atoms with E-state index in [0.717, 1.165) is 25.8 Å². The van der Waals surface area contributed by atoms with E-state index in [4.69, 9.17) is 11.5 Å². The number of primary amides is 1. The van der Waals surface area contributed by atoms with Gasteiger partial charge in [0, 0.05) is 12.6 Å². The maximum Gasteiger partial charge on any atom is 0.234 e. The Balaban J connectivity index is 2.78. The van der Waals surface area contributed by atoms with E-state index >= 15 is 0 Å². The molecule has 0 spiro atoms. The topological polar surface area (TPSA) is 72.3 Å². The van der Waals surface area contributed by atoms with Gasteiger partial charge in [-0.25, -0.2) is 0 Å². The highest BCUT2D eigenvalue weighted by molar-refractivity contribution is 5.79. The van der Waals surface area contributed by atoms with Crippen LogP contribution in [0.1, 0.15) is 39.5 Å². The summed E-state index contributed by atoms with van der Waals surface area (Å²) < 4.78 is 0. The predicted octanol–water partition coefficient (Wildman–Crippen LogP) is 0.700. The summed E-state index contributed by atoms with van der Waals surface area (Å²) >= 11 is 0. The molecule has 3 atom stereocenters. The highest BCUT2D eigenvalue weighted by Crippen LogP contribution is 2.27. The molecule has 1 aliphatic rings. The van der Waals surface area contributed by atoms with Crippen LogP contribution in [0.15, 0.2) is 0 Å². The van der Waals surface area contributed by atoms with Gasteiger partial charge in [0.05, 0.1) is 6.04 Å². The third-order valence-electron chi connectivity index (χ3n) is 3.84. The van der Waals surface area contributed by atoms with Crippen molar-refractivity contribution in [2.24, 2.45) is 17.4 Å². The second kappa shape index (κ2) is 6.21. The van der Waals surface area contributed by atoms with Gasteiger partial charge in [0.2, 0.25) is 5.91 Å². The number of hydrogen-bond donors (Lipinski definition) is 2. The van der Waals surface area contributed by atoms with E-state index in [1.807, 2.05) is 6.92 Å². The monoisotopic (exact) mass is 227 g/mol. The van der Waals surface area contributed by atoms with Gasteiger partial charge in [-0.05, 0) is 31.7 Å². The fraction of sp³-hybridized carbons (Fsp3) is 0.917. The normalized spacial score (nSPS) is 28.9. The summed E-state index contributed by atoms with van der Waals surface area (Å²) in [5.74, 6) is 0.407. The minimum Gasteiger partial charge on any atom is -0.368 e. The van der Waals surface area contributed by atoms with Crippen LogP contribution in [0.2, 0.25) is 0 Å². The van der Waals surface area contributed by atoms with Crippen molar-refractivity contribution in [1.82, 2.24) is 4.90 Å². The Labute approximate surface area is 98.3 Å². The van der Waals surface area contributed by atoms with Crippen LogP contribution < -0.4 is 11.5 Å². The number of hydrogen-bond acceptors (Lipinski definition) is 3. The largest absolute Gasteiger partial charge is 0.368 e. The van der Waals surface area contributed by atoms with E-state index in [2.05, 4.69) is 11.8 Å². The first-order valence-corrected chi connectivity index (χ1v) is 6.40. The van der Waals surface area contributed by atoms with Gasteiger partial charge in [0.25, 0.3) is 0 Å². The number of nitrogens with zero attached hydrogens (tertiary/aromatic N) is 1. The van der Waals surface area contributed by atoms with Crippen LogP contribution in [0.25, 0.3) is 0 Å². The van der Waals surface area contributed by atoms with Crippen molar-refractivity contribution in [3.05, 3.63) is 0 Å². The summed E-state index contributed by atoms with van der Waals surface area (Å²) in [6.45, 7) is 5.79. The molecule has 0 saturated carbocycles. The van der Waals surface area contributed by atoms with Crippen LogP contribution >= 0.6 is 0 Å². The third kappa shape index (κ3) is 2.74. The van der Waals surface area contributed by atoms with E-state index in [1.165, 1.54) is 6.42 Å². The van der Waals surface area contributed by atoms with Crippen LogP contribution in [0.5, 0.6) is 0 Å². The fourth-order valence-corrected chi connectivity index (χ4v) is 2.96. The lowest BCUT2D eigenvalue weighted by Crippen LogP contribution is -2.57. The molecular formula is C12H25N3O. The molecule has 94 valence electrons. The molecule has 0 aromatic heterocycles. The Morgan fingerprint density at radius 1 is 1.50 bits per heavy atom. The number of piperidine rings is 1. The number of carbonyl (C=O) groups excluding carboxylic acids is 1. The second-order valence-corrected chi connectivity index (χ2v) is 4.68. The molecule has 4 N–H and O–H groups in total. The van der Waals surface area contributed by atoms with Crippen molar-refractivity contribution in [1.29, 1.82) is 0 Å². The first kappa shape index (κ1) is 13.5. The molecule has 16 heavy (non-hydrogen) atoms. The van der Waals surface area contributed by atoms with Gasteiger partial charge in [0.15, 0.2) is 0 Å². The second-order valence-electron chi connectivity index (χ2n) is 4.68. The Morgan fingerprint density at radius 3 is 2.62 bits per heavy atom. The highest BCUT2D eigenvalue weighted by Gasteiger charge is 2.34. The molecule has 0 aromatic carbocycles. The van der Waals surface area contributed by atoms with Crippen molar-refractivity contribution in [2.45, 2.75) is 51.6 Å². The van der Waals surface area contributed by atoms with E-state index in [0.29, 0.717) is 18.5 Å². The Hall–Kier alpha value is -0.610. The number of nitrogens with two attached hydrogens (primary N) is 2. The molecule has 0 aliphatic carbocycles. The molecule has 4 nitrogen and oxygen atoms in total. The van der Waals surface area contributed by atoms with Gasteiger partial charge in [-0.1, -0.05) is 20.3 Å². The van der Waals surface area contributed by atoms with Crippen molar-refractivity contribution in [3.63, 3.8) is 0 Å². The first-order chi connectivity index (χ1) is 7.65. The minimum absolute atomic E-state index is 0.136. The summed E-state index contributed by atoms with van der Waals surface area (Å²) in [5.41, 5.74) is 11.3. The smallest absolute Gasteiger partial charge is 0.234 e. The summed E-state index contributed by atoms with van der Waals surface area (Å²) in [7, 11) is 0. The number of amides is 1. The molecular weight excluding hydrogens is 202 g/mol. The van der Waals surface area contributed by atoms with Crippen LogP contribution in [-0.4, -0.2) is 36.0 Å². The van der Waals surface area contributed by atoms with Crippen LogP contribution in [0, 0.1) is 5.92 Å². The van der Waals surface area contributed by atoms with Gasteiger partial charge in [0.1, 0.15) is 0 Å². The SMILES string of the molecule is CCC1CCCN(C(CC)C(N)=O)C1CN. The summed E-state index contributed by atoms with van der Waals surface area (Å²) in [4.78, 5) is 13.7. The first-order valence-electron chi connectivity index (χ1n) is 6.40. The van der Waals surface area contributed by atoms with Gasteiger partial charge in [-0.3, -0.25) is 9.69 Å². The summed E-state index contributed by atoms with van der Waals surface area (Å²) in [6, 6.07) is 0.194. The average Bonchev–Trinajstić information content (AvgIpc) is 2.29. The third-order valence-corrected chi connectivity index (χ3v) is 3.84. The molecule has 1 rings (SSSR count).